The van der Waals surface area contributed by atoms with E-state index in [1.54, 1.807) is 46.2 Å². The first-order valence-electron chi connectivity index (χ1n) is 18.7. The molecule has 1 fully saturated rings. The first kappa shape index (κ1) is 43.2. The van der Waals surface area contributed by atoms with Gasteiger partial charge in [0.2, 0.25) is 17.7 Å². The number of rotatable bonds is 20. The molecule has 3 N–H and O–H groups in total. The van der Waals surface area contributed by atoms with Gasteiger partial charge >= 0.3 is 0 Å². The van der Waals surface area contributed by atoms with Crippen molar-refractivity contribution >= 4 is 34.8 Å². The molecule has 1 aliphatic rings. The van der Waals surface area contributed by atoms with Crippen LogP contribution >= 0.6 is 11.3 Å². The van der Waals surface area contributed by atoms with Crippen molar-refractivity contribution < 1.29 is 28.7 Å². The van der Waals surface area contributed by atoms with Crippen molar-refractivity contribution in [2.45, 2.75) is 123 Å². The van der Waals surface area contributed by atoms with Gasteiger partial charge in [-0.25, -0.2) is 4.98 Å². The lowest BCUT2D eigenvalue weighted by Crippen LogP contribution is -2.54. The van der Waals surface area contributed by atoms with E-state index in [2.05, 4.69) is 24.1 Å². The number of nitrogens with zero attached hydrogens (tertiary/aromatic N) is 3. The van der Waals surface area contributed by atoms with E-state index in [1.807, 2.05) is 61.4 Å². The summed E-state index contributed by atoms with van der Waals surface area (Å²) in [7, 11) is 4.92. The molecule has 52 heavy (non-hydrogen) atoms. The van der Waals surface area contributed by atoms with Gasteiger partial charge in [0.25, 0.3) is 0 Å². The van der Waals surface area contributed by atoms with E-state index in [-0.39, 0.29) is 60.3 Å². The fraction of sp³-hybridized carbons (Fsp3) is 0.675. The lowest BCUT2D eigenvalue weighted by molar-refractivity contribution is -0.149. The number of hydrogen-bond acceptors (Lipinski definition) is 9. The van der Waals surface area contributed by atoms with E-state index in [9.17, 15) is 19.2 Å². The maximum Gasteiger partial charge on any atom is 0.226 e. The highest BCUT2D eigenvalue weighted by atomic mass is 32.1. The van der Waals surface area contributed by atoms with Gasteiger partial charge in [0.05, 0.1) is 48.2 Å². The van der Waals surface area contributed by atoms with Crippen molar-refractivity contribution in [2.24, 2.45) is 29.4 Å². The van der Waals surface area contributed by atoms with E-state index in [4.69, 9.17) is 15.2 Å². The van der Waals surface area contributed by atoms with Crippen molar-refractivity contribution in [1.29, 1.82) is 0 Å². The zero-order valence-corrected chi connectivity index (χ0v) is 33.8. The molecule has 12 heteroatoms. The average Bonchev–Trinajstić information content (AvgIpc) is 3.83. The number of amides is 3. The minimum absolute atomic E-state index is 0.00708. The number of likely N-dealkylation sites (tertiary alicyclic amines) is 1. The van der Waals surface area contributed by atoms with Crippen LogP contribution in [0.15, 0.2) is 41.9 Å². The molecule has 0 unspecified atom stereocenters. The van der Waals surface area contributed by atoms with Crippen molar-refractivity contribution in [1.82, 2.24) is 20.1 Å². The highest BCUT2D eigenvalue weighted by molar-refractivity contribution is 7.09. The summed E-state index contributed by atoms with van der Waals surface area (Å²) in [6, 6.07) is 8.99. The van der Waals surface area contributed by atoms with Crippen LogP contribution in [-0.4, -0.2) is 95.9 Å². The van der Waals surface area contributed by atoms with Gasteiger partial charge in [0.15, 0.2) is 5.78 Å². The predicted octanol–water partition coefficient (Wildman–Crippen LogP) is 5.43. The van der Waals surface area contributed by atoms with E-state index in [0.717, 1.165) is 23.4 Å². The number of methoxy groups -OCH3 is 2. The Bertz CT molecular complexity index is 1430. The highest BCUT2D eigenvalue weighted by Crippen LogP contribution is 2.31. The fourth-order valence-electron chi connectivity index (χ4n) is 7.40. The third-order valence-electron chi connectivity index (χ3n) is 10.9. The summed E-state index contributed by atoms with van der Waals surface area (Å²) in [5.41, 5.74) is 6.14. The number of nitrogens with two attached hydrogens (primary N) is 1. The first-order chi connectivity index (χ1) is 24.5. The van der Waals surface area contributed by atoms with Crippen LogP contribution in [0.5, 0.6) is 0 Å². The van der Waals surface area contributed by atoms with Gasteiger partial charge in [-0.1, -0.05) is 71.4 Å². The Labute approximate surface area is 315 Å². The Hall–Kier alpha value is -3.19. The number of ketones is 1. The molecule has 0 aliphatic carbocycles. The Morgan fingerprint density at radius 2 is 1.75 bits per heavy atom. The average molecular weight is 742 g/mol. The lowest BCUT2D eigenvalue weighted by atomic mass is 9.83. The predicted molar refractivity (Wildman–Crippen MR) is 205 cm³/mol. The van der Waals surface area contributed by atoms with E-state index in [1.165, 1.54) is 11.3 Å². The molecule has 0 saturated carbocycles. The van der Waals surface area contributed by atoms with Crippen molar-refractivity contribution in [3.05, 3.63) is 52.5 Å². The SMILES string of the molecule is CC[C@H](C)[C@@H]([C@@H](CC(=O)N1CCC[C@H]1[C@H](OC)[C@@H](C)C(=O)N[C@@H](Cc1ccccc1)c1nccs1)OC)N(C)C(=O)[C@@H](CC(=O)C(C)(C)N)C(C)C. The molecular formula is C40H63N5O6S. The Morgan fingerprint density at radius 1 is 1.08 bits per heavy atom. The summed E-state index contributed by atoms with van der Waals surface area (Å²) in [6.45, 7) is 13.7. The van der Waals surface area contributed by atoms with Gasteiger partial charge < -0.3 is 30.3 Å². The van der Waals surface area contributed by atoms with Crippen LogP contribution in [-0.2, 0) is 35.1 Å². The van der Waals surface area contributed by atoms with Crippen molar-refractivity contribution in [2.75, 3.05) is 27.8 Å². The number of thiazole rings is 1. The molecule has 0 radical (unpaired) electrons. The molecule has 1 aromatic heterocycles. The Kier molecular flexibility index (Phi) is 16.4. The number of hydrogen-bond donors (Lipinski definition) is 2. The third-order valence-corrected chi connectivity index (χ3v) is 11.7. The second-order valence-corrected chi connectivity index (χ2v) is 16.3. The summed E-state index contributed by atoms with van der Waals surface area (Å²) in [4.78, 5) is 63.1. The van der Waals surface area contributed by atoms with Gasteiger partial charge in [-0.2, -0.15) is 0 Å². The summed E-state index contributed by atoms with van der Waals surface area (Å²) in [6.07, 6.45) is 3.57. The number of Topliss-reactive ketones (excluding diaryl/α,β-unsaturated/α-hetero) is 1. The standard InChI is InChI=1S/C40H63N5O6S/c1-11-26(4)35(44(8)39(49)29(25(2)3)23-33(46)40(6,7)41)32(50-9)24-34(47)45-20-15-18-31(45)36(51-10)27(5)37(48)43-30(38-42-19-21-52-38)22-28-16-13-12-14-17-28/h12-14,16-17,19,21,25-27,29-32,35-36H,11,15,18,20,22-24,41H2,1-10H3,(H,43,48)/t26-,27+,29-,30-,31-,32+,35-,36+/m0/s1. The second-order valence-electron chi connectivity index (χ2n) is 15.4. The topological polar surface area (TPSA) is 144 Å². The van der Waals surface area contributed by atoms with Crippen LogP contribution < -0.4 is 11.1 Å². The molecule has 3 amide bonds. The van der Waals surface area contributed by atoms with Crippen LogP contribution in [0.1, 0.15) is 97.2 Å². The molecule has 8 atom stereocenters. The summed E-state index contributed by atoms with van der Waals surface area (Å²) >= 11 is 1.50. The summed E-state index contributed by atoms with van der Waals surface area (Å²) in [5, 5.41) is 5.96. The Balaban J connectivity index is 1.78. The van der Waals surface area contributed by atoms with Gasteiger partial charge in [0, 0.05) is 51.7 Å². The number of carbonyl (C=O) groups is 4. The first-order valence-corrected chi connectivity index (χ1v) is 19.6. The summed E-state index contributed by atoms with van der Waals surface area (Å²) < 4.78 is 12.0. The van der Waals surface area contributed by atoms with Crippen LogP contribution in [0.25, 0.3) is 0 Å². The molecule has 2 heterocycles. The molecule has 1 aromatic carbocycles. The van der Waals surface area contributed by atoms with E-state index < -0.39 is 35.6 Å². The molecule has 11 nitrogen and oxygen atoms in total. The molecule has 1 aliphatic heterocycles. The third kappa shape index (κ3) is 11.2. The maximum absolute atomic E-state index is 14.2. The minimum atomic E-state index is -1.04. The number of aromatic nitrogens is 1. The van der Waals surface area contributed by atoms with Crippen LogP contribution in [0.2, 0.25) is 0 Å². The fourth-order valence-corrected chi connectivity index (χ4v) is 8.09. The van der Waals surface area contributed by atoms with Crippen LogP contribution in [0, 0.1) is 23.7 Å². The lowest BCUT2D eigenvalue weighted by Gasteiger charge is -2.41. The van der Waals surface area contributed by atoms with Crippen LogP contribution in [0.4, 0.5) is 0 Å². The quantitative estimate of drug-likeness (QED) is 0.183. The second kappa shape index (κ2) is 19.8. The van der Waals surface area contributed by atoms with Gasteiger partial charge in [-0.15, -0.1) is 11.3 Å². The van der Waals surface area contributed by atoms with Gasteiger partial charge in [-0.05, 0) is 50.5 Å². The molecule has 0 bridgehead atoms. The number of benzene rings is 1. The van der Waals surface area contributed by atoms with Crippen LogP contribution in [0.3, 0.4) is 0 Å². The monoisotopic (exact) mass is 741 g/mol. The zero-order valence-electron chi connectivity index (χ0n) is 33.0. The Morgan fingerprint density at radius 3 is 2.29 bits per heavy atom. The number of nitrogens with one attached hydrogen (secondary N) is 1. The molecule has 0 spiro atoms. The highest BCUT2D eigenvalue weighted by Gasteiger charge is 2.43. The largest absolute Gasteiger partial charge is 0.379 e. The molecule has 1 saturated heterocycles. The minimum Gasteiger partial charge on any atom is -0.379 e. The molecule has 2 aromatic rings. The normalized spacial score (nSPS) is 19.0. The zero-order chi connectivity index (χ0) is 38.7. The molecule has 3 rings (SSSR count). The summed E-state index contributed by atoms with van der Waals surface area (Å²) in [5.74, 6) is -1.79. The molecular weight excluding hydrogens is 679 g/mol. The van der Waals surface area contributed by atoms with Gasteiger partial charge in [-0.3, -0.25) is 19.2 Å². The van der Waals surface area contributed by atoms with E-state index in [0.29, 0.717) is 19.4 Å². The number of carbonyl (C=O) groups excluding carboxylic acids is 4. The smallest absolute Gasteiger partial charge is 0.226 e. The maximum atomic E-state index is 14.2. The molecule has 290 valence electrons. The van der Waals surface area contributed by atoms with Crippen molar-refractivity contribution in [3.8, 4) is 0 Å². The number of ether oxygens (including phenoxy) is 2. The van der Waals surface area contributed by atoms with Gasteiger partial charge in [0.1, 0.15) is 5.01 Å². The number of likely N-dealkylation sites (N-methyl/N-ethyl adjacent to an activating group) is 1. The van der Waals surface area contributed by atoms with Crippen molar-refractivity contribution in [3.63, 3.8) is 0 Å². The van der Waals surface area contributed by atoms with E-state index >= 15 is 0 Å².